The first-order valence-electron chi connectivity index (χ1n) is 8.16. The quantitative estimate of drug-likeness (QED) is 0.734. The van der Waals surface area contributed by atoms with E-state index in [-0.39, 0.29) is 11.5 Å². The summed E-state index contributed by atoms with van der Waals surface area (Å²) >= 11 is 0. The molecule has 0 saturated carbocycles. The van der Waals surface area contributed by atoms with E-state index in [4.69, 9.17) is 0 Å². The molecule has 1 nitrogen and oxygen atoms in total. The van der Waals surface area contributed by atoms with E-state index in [2.05, 4.69) is 58.9 Å². The fourth-order valence-corrected chi connectivity index (χ4v) is 2.82. The smallest absolute Gasteiger partial charge is 0.0608 e. The van der Waals surface area contributed by atoms with Crippen LogP contribution in [0.4, 0.5) is 0 Å². The highest BCUT2D eigenvalue weighted by Gasteiger charge is 2.18. The molecule has 1 N–H and O–H groups in total. The average molecular weight is 276 g/mol. The molecule has 0 aromatic heterocycles. The van der Waals surface area contributed by atoms with Crippen molar-refractivity contribution in [3.63, 3.8) is 0 Å². The van der Waals surface area contributed by atoms with E-state index in [9.17, 15) is 5.11 Å². The first-order chi connectivity index (χ1) is 9.38. The van der Waals surface area contributed by atoms with Crippen molar-refractivity contribution in [2.75, 3.05) is 0 Å². The van der Waals surface area contributed by atoms with Crippen LogP contribution in [0.25, 0.3) is 0 Å². The van der Waals surface area contributed by atoms with Crippen molar-refractivity contribution in [3.8, 4) is 0 Å². The molecule has 1 unspecified atom stereocenters. The van der Waals surface area contributed by atoms with E-state index in [1.165, 1.54) is 11.1 Å². The van der Waals surface area contributed by atoms with Crippen molar-refractivity contribution in [2.45, 2.75) is 78.2 Å². The molecule has 1 aromatic carbocycles. The van der Waals surface area contributed by atoms with Crippen molar-refractivity contribution >= 4 is 0 Å². The number of benzene rings is 1. The Hall–Kier alpha value is -0.820. The van der Waals surface area contributed by atoms with E-state index in [0.29, 0.717) is 5.92 Å². The number of aliphatic hydroxyl groups is 1. The number of hydrogen-bond donors (Lipinski definition) is 1. The summed E-state index contributed by atoms with van der Waals surface area (Å²) in [5.74, 6) is 0.451. The van der Waals surface area contributed by atoms with E-state index in [1.807, 2.05) is 0 Å². The molecule has 1 rings (SSSR count). The Morgan fingerprint density at radius 3 is 1.85 bits per heavy atom. The predicted octanol–water partition coefficient (Wildman–Crippen LogP) is 5.10. The minimum atomic E-state index is -0.199. The van der Waals surface area contributed by atoms with Gasteiger partial charge in [-0.25, -0.2) is 0 Å². The van der Waals surface area contributed by atoms with Crippen molar-refractivity contribution in [2.24, 2.45) is 5.92 Å². The van der Waals surface area contributed by atoms with Gasteiger partial charge in [-0.05, 0) is 41.7 Å². The molecular formula is C19H32O. The molecule has 0 spiro atoms. The second-order valence-corrected chi connectivity index (χ2v) is 7.06. The normalized spacial score (nSPS) is 13.8. The lowest BCUT2D eigenvalue weighted by Crippen LogP contribution is -2.23. The standard InChI is InChI=1S/C19H32O/c1-6-8-16(9-7-2)18(20)14-15-10-12-17(13-11-15)19(3,4)5/h10-13,16,18,20H,6-9,14H2,1-5H3. The lowest BCUT2D eigenvalue weighted by molar-refractivity contribution is 0.0963. The molecule has 0 fully saturated rings. The highest BCUT2D eigenvalue weighted by molar-refractivity contribution is 5.27. The molecule has 0 aliphatic heterocycles. The summed E-state index contributed by atoms with van der Waals surface area (Å²) in [4.78, 5) is 0. The molecule has 0 aliphatic carbocycles. The molecule has 0 amide bonds. The van der Waals surface area contributed by atoms with Crippen LogP contribution in [0.15, 0.2) is 24.3 Å². The molecule has 0 saturated heterocycles. The van der Waals surface area contributed by atoms with Crippen LogP contribution in [0.1, 0.15) is 71.4 Å². The SMILES string of the molecule is CCCC(CCC)C(O)Cc1ccc(C(C)(C)C)cc1. The molecule has 0 aliphatic rings. The van der Waals surface area contributed by atoms with E-state index in [1.54, 1.807) is 0 Å². The summed E-state index contributed by atoms with van der Waals surface area (Å²) < 4.78 is 0. The minimum absolute atomic E-state index is 0.199. The zero-order valence-electron chi connectivity index (χ0n) is 13.9. The van der Waals surface area contributed by atoms with Gasteiger partial charge in [-0.3, -0.25) is 0 Å². The van der Waals surface area contributed by atoms with Crippen LogP contribution < -0.4 is 0 Å². The van der Waals surface area contributed by atoms with Gasteiger partial charge in [0.25, 0.3) is 0 Å². The third-order valence-electron chi connectivity index (χ3n) is 4.13. The Balaban J connectivity index is 2.67. The Kier molecular flexibility index (Phi) is 6.75. The molecule has 114 valence electrons. The summed E-state index contributed by atoms with van der Waals surface area (Å²) in [5, 5.41) is 10.5. The van der Waals surface area contributed by atoms with Gasteiger partial charge in [0.1, 0.15) is 0 Å². The summed E-state index contributed by atoms with van der Waals surface area (Å²) in [6.07, 6.45) is 5.17. The van der Waals surface area contributed by atoms with E-state index in [0.717, 1.165) is 32.1 Å². The average Bonchev–Trinajstić information content (AvgIpc) is 2.38. The third kappa shape index (κ3) is 5.28. The molecule has 20 heavy (non-hydrogen) atoms. The Labute approximate surface area is 125 Å². The number of rotatable bonds is 7. The third-order valence-corrected chi connectivity index (χ3v) is 4.13. The van der Waals surface area contributed by atoms with Crippen molar-refractivity contribution in [1.82, 2.24) is 0 Å². The van der Waals surface area contributed by atoms with Gasteiger partial charge < -0.3 is 5.11 Å². The van der Waals surface area contributed by atoms with Crippen molar-refractivity contribution in [1.29, 1.82) is 0 Å². The van der Waals surface area contributed by atoms with Crippen LogP contribution in [-0.4, -0.2) is 11.2 Å². The first kappa shape index (κ1) is 17.2. The molecule has 1 heteroatoms. The van der Waals surface area contributed by atoms with Gasteiger partial charge in [0.15, 0.2) is 0 Å². The lowest BCUT2D eigenvalue weighted by atomic mass is 9.85. The maximum absolute atomic E-state index is 10.5. The van der Waals surface area contributed by atoms with Crippen LogP contribution in [0.3, 0.4) is 0 Å². The van der Waals surface area contributed by atoms with Gasteiger partial charge in [0.2, 0.25) is 0 Å². The van der Waals surface area contributed by atoms with E-state index >= 15 is 0 Å². The van der Waals surface area contributed by atoms with Gasteiger partial charge in [0, 0.05) is 0 Å². The highest BCUT2D eigenvalue weighted by atomic mass is 16.3. The predicted molar refractivity (Wildman–Crippen MR) is 88.2 cm³/mol. The maximum atomic E-state index is 10.5. The molecule has 1 atom stereocenters. The van der Waals surface area contributed by atoms with Crippen molar-refractivity contribution in [3.05, 3.63) is 35.4 Å². The van der Waals surface area contributed by atoms with Crippen molar-refractivity contribution < 1.29 is 5.11 Å². The van der Waals surface area contributed by atoms with Gasteiger partial charge in [0.05, 0.1) is 6.10 Å². The Morgan fingerprint density at radius 1 is 0.950 bits per heavy atom. The minimum Gasteiger partial charge on any atom is -0.392 e. The summed E-state index contributed by atoms with van der Waals surface area (Å²) in [7, 11) is 0. The topological polar surface area (TPSA) is 20.2 Å². The van der Waals surface area contributed by atoms with Crippen LogP contribution >= 0.6 is 0 Å². The number of aliphatic hydroxyl groups excluding tert-OH is 1. The first-order valence-corrected chi connectivity index (χ1v) is 8.16. The van der Waals surface area contributed by atoms with Gasteiger partial charge in [-0.2, -0.15) is 0 Å². The van der Waals surface area contributed by atoms with E-state index < -0.39 is 0 Å². The molecule has 0 radical (unpaired) electrons. The van der Waals surface area contributed by atoms with Crippen LogP contribution in [0.2, 0.25) is 0 Å². The van der Waals surface area contributed by atoms with Gasteiger partial charge in [-0.15, -0.1) is 0 Å². The Bertz CT molecular complexity index is 366. The zero-order chi connectivity index (χ0) is 15.2. The highest BCUT2D eigenvalue weighted by Crippen LogP contribution is 2.24. The summed E-state index contributed by atoms with van der Waals surface area (Å²) in [6.45, 7) is 11.1. The second-order valence-electron chi connectivity index (χ2n) is 7.06. The van der Waals surface area contributed by atoms with Crippen LogP contribution in [0, 0.1) is 5.92 Å². The largest absolute Gasteiger partial charge is 0.392 e. The second kappa shape index (κ2) is 7.83. The van der Waals surface area contributed by atoms with Gasteiger partial charge in [-0.1, -0.05) is 71.7 Å². The molecule has 0 bridgehead atoms. The lowest BCUT2D eigenvalue weighted by Gasteiger charge is -2.23. The summed E-state index contributed by atoms with van der Waals surface area (Å²) in [6, 6.07) is 8.77. The zero-order valence-corrected chi connectivity index (χ0v) is 13.9. The fourth-order valence-electron chi connectivity index (χ4n) is 2.82. The monoisotopic (exact) mass is 276 g/mol. The summed E-state index contributed by atoms with van der Waals surface area (Å²) in [5.41, 5.74) is 2.81. The molecule has 0 heterocycles. The Morgan fingerprint density at radius 2 is 1.45 bits per heavy atom. The van der Waals surface area contributed by atoms with Crippen LogP contribution in [-0.2, 0) is 11.8 Å². The molecule has 1 aromatic rings. The fraction of sp³-hybridized carbons (Fsp3) is 0.684. The maximum Gasteiger partial charge on any atom is 0.0608 e. The van der Waals surface area contributed by atoms with Gasteiger partial charge >= 0.3 is 0 Å². The van der Waals surface area contributed by atoms with Crippen LogP contribution in [0.5, 0.6) is 0 Å². The number of hydrogen-bond acceptors (Lipinski definition) is 1. The molecular weight excluding hydrogens is 244 g/mol.